The van der Waals surface area contributed by atoms with E-state index in [4.69, 9.17) is 16.6 Å². The van der Waals surface area contributed by atoms with Crippen LogP contribution >= 0.6 is 27.5 Å². The number of aromatic nitrogens is 2. The molecule has 0 bridgehead atoms. The van der Waals surface area contributed by atoms with E-state index in [0.29, 0.717) is 23.8 Å². The molecule has 158 valence electrons. The normalized spacial score (nSPS) is 14.8. The summed E-state index contributed by atoms with van der Waals surface area (Å²) in [6.07, 6.45) is 2.94. The number of rotatable bonds is 2. The first-order valence-corrected chi connectivity index (χ1v) is 11.4. The van der Waals surface area contributed by atoms with Crippen molar-refractivity contribution in [1.29, 1.82) is 0 Å². The monoisotopic (exact) mass is 497 g/mol. The lowest BCUT2D eigenvalue weighted by molar-refractivity contribution is 0.215. The number of amides is 2. The SMILES string of the molecule is O=C(Nc1cccc(Cl)c1)N1CCCN(c2nc3cc(Br)ccc3n3cccc23)CC1. The molecule has 1 aliphatic rings. The number of urea groups is 1. The molecule has 1 saturated heterocycles. The molecule has 1 N–H and O–H groups in total. The number of carbonyl (C=O) groups excluding carboxylic acids is 1. The van der Waals surface area contributed by atoms with Crippen LogP contribution in [0.4, 0.5) is 16.3 Å². The first-order valence-electron chi connectivity index (χ1n) is 10.2. The molecular weight excluding hydrogens is 478 g/mol. The standard InChI is InChI=1S/C23H21BrClN5O/c24-16-7-8-20-19(14-16)27-22(21-6-2-11-30(20)21)28-9-3-10-29(13-12-28)23(31)26-18-5-1-4-17(25)15-18/h1-2,4-8,11,14-15H,3,9-10,12-13H2,(H,26,31). The number of carbonyl (C=O) groups is 1. The molecule has 8 heteroatoms. The van der Waals surface area contributed by atoms with Crippen molar-refractivity contribution in [1.82, 2.24) is 14.3 Å². The summed E-state index contributed by atoms with van der Waals surface area (Å²) >= 11 is 9.59. The molecule has 1 fully saturated rings. The zero-order valence-electron chi connectivity index (χ0n) is 16.8. The van der Waals surface area contributed by atoms with E-state index in [1.54, 1.807) is 12.1 Å². The van der Waals surface area contributed by atoms with E-state index in [1.807, 2.05) is 35.2 Å². The van der Waals surface area contributed by atoms with Crippen LogP contribution in [-0.2, 0) is 0 Å². The summed E-state index contributed by atoms with van der Waals surface area (Å²) in [5, 5.41) is 3.55. The van der Waals surface area contributed by atoms with Gasteiger partial charge in [-0.3, -0.25) is 0 Å². The average molecular weight is 499 g/mol. The summed E-state index contributed by atoms with van der Waals surface area (Å²) in [6, 6.07) is 17.4. The molecule has 0 radical (unpaired) electrons. The molecule has 0 atom stereocenters. The number of nitrogens with zero attached hydrogens (tertiary/aromatic N) is 4. The Morgan fingerprint density at radius 2 is 1.90 bits per heavy atom. The van der Waals surface area contributed by atoms with Crippen LogP contribution in [0, 0.1) is 0 Å². The van der Waals surface area contributed by atoms with Crippen molar-refractivity contribution in [3.63, 3.8) is 0 Å². The van der Waals surface area contributed by atoms with Gasteiger partial charge in [0.05, 0.1) is 16.6 Å². The van der Waals surface area contributed by atoms with Crippen molar-refractivity contribution in [2.45, 2.75) is 6.42 Å². The Morgan fingerprint density at radius 3 is 2.77 bits per heavy atom. The van der Waals surface area contributed by atoms with Gasteiger partial charge in [0.25, 0.3) is 0 Å². The van der Waals surface area contributed by atoms with Crippen LogP contribution in [0.2, 0.25) is 5.02 Å². The quantitative estimate of drug-likeness (QED) is 0.389. The summed E-state index contributed by atoms with van der Waals surface area (Å²) in [5.74, 6) is 0.952. The summed E-state index contributed by atoms with van der Waals surface area (Å²) in [7, 11) is 0. The Morgan fingerprint density at radius 1 is 1.00 bits per heavy atom. The van der Waals surface area contributed by atoms with E-state index in [-0.39, 0.29) is 6.03 Å². The minimum Gasteiger partial charge on any atom is -0.353 e. The maximum Gasteiger partial charge on any atom is 0.321 e. The maximum absolute atomic E-state index is 12.8. The third-order valence-electron chi connectivity index (χ3n) is 5.56. The summed E-state index contributed by atoms with van der Waals surface area (Å²) < 4.78 is 3.18. The second-order valence-corrected chi connectivity index (χ2v) is 8.95. The smallest absolute Gasteiger partial charge is 0.321 e. The van der Waals surface area contributed by atoms with Gasteiger partial charge in [0.1, 0.15) is 0 Å². The predicted octanol–water partition coefficient (Wildman–Crippen LogP) is 5.65. The fourth-order valence-electron chi connectivity index (χ4n) is 4.07. The number of hydrogen-bond donors (Lipinski definition) is 1. The van der Waals surface area contributed by atoms with E-state index >= 15 is 0 Å². The summed E-state index contributed by atoms with van der Waals surface area (Å²) in [4.78, 5) is 21.9. The zero-order chi connectivity index (χ0) is 21.4. The second-order valence-electron chi connectivity index (χ2n) is 7.60. The minimum absolute atomic E-state index is 0.104. The van der Waals surface area contributed by atoms with Crippen LogP contribution in [0.3, 0.4) is 0 Å². The van der Waals surface area contributed by atoms with E-state index in [9.17, 15) is 4.79 Å². The van der Waals surface area contributed by atoms with Gasteiger partial charge in [0.15, 0.2) is 5.82 Å². The molecule has 0 spiro atoms. The highest BCUT2D eigenvalue weighted by atomic mass is 79.9. The van der Waals surface area contributed by atoms with Crippen molar-refractivity contribution < 1.29 is 4.79 Å². The largest absolute Gasteiger partial charge is 0.353 e. The van der Waals surface area contributed by atoms with Gasteiger partial charge in [-0.2, -0.15) is 0 Å². The first-order chi connectivity index (χ1) is 15.1. The number of benzene rings is 2. The molecule has 3 heterocycles. The highest BCUT2D eigenvalue weighted by Gasteiger charge is 2.22. The highest BCUT2D eigenvalue weighted by molar-refractivity contribution is 9.10. The van der Waals surface area contributed by atoms with Gasteiger partial charge in [0, 0.05) is 47.6 Å². The van der Waals surface area contributed by atoms with Crippen molar-refractivity contribution in [3.05, 3.63) is 70.3 Å². The number of nitrogens with one attached hydrogen (secondary N) is 1. The van der Waals surface area contributed by atoms with Crippen molar-refractivity contribution >= 4 is 61.6 Å². The Bertz CT molecular complexity index is 1270. The van der Waals surface area contributed by atoms with Crippen molar-refractivity contribution in [2.75, 3.05) is 36.4 Å². The van der Waals surface area contributed by atoms with Crippen molar-refractivity contribution in [3.8, 4) is 0 Å². The van der Waals surface area contributed by atoms with Gasteiger partial charge < -0.3 is 19.5 Å². The molecule has 2 amide bonds. The summed E-state index contributed by atoms with van der Waals surface area (Å²) in [6.45, 7) is 2.88. The number of anilines is 2. The molecule has 2 aromatic heterocycles. The van der Waals surface area contributed by atoms with Crippen molar-refractivity contribution in [2.24, 2.45) is 0 Å². The lowest BCUT2D eigenvalue weighted by atomic mass is 10.3. The van der Waals surface area contributed by atoms with Gasteiger partial charge in [-0.25, -0.2) is 9.78 Å². The van der Waals surface area contributed by atoms with E-state index in [0.717, 1.165) is 46.4 Å². The van der Waals surface area contributed by atoms with Crippen LogP contribution in [0.15, 0.2) is 65.3 Å². The molecule has 5 rings (SSSR count). The fraction of sp³-hybridized carbons (Fsp3) is 0.217. The molecule has 2 aromatic carbocycles. The Kier molecular flexibility index (Phi) is 5.46. The zero-order valence-corrected chi connectivity index (χ0v) is 19.1. The highest BCUT2D eigenvalue weighted by Crippen LogP contribution is 2.28. The number of hydrogen-bond acceptors (Lipinski definition) is 3. The van der Waals surface area contributed by atoms with Crippen LogP contribution < -0.4 is 10.2 Å². The second kappa shape index (κ2) is 8.40. The van der Waals surface area contributed by atoms with Gasteiger partial charge in [-0.1, -0.05) is 33.6 Å². The molecular formula is C23H21BrClN5O. The molecule has 0 aliphatic carbocycles. The van der Waals surface area contributed by atoms with E-state index in [2.05, 4.69) is 48.9 Å². The molecule has 31 heavy (non-hydrogen) atoms. The number of fused-ring (bicyclic) bond motifs is 3. The minimum atomic E-state index is -0.104. The van der Waals surface area contributed by atoms with Gasteiger partial charge in [-0.05, 0) is 55.0 Å². The van der Waals surface area contributed by atoms with Crippen LogP contribution in [0.5, 0.6) is 0 Å². The van der Waals surface area contributed by atoms with Gasteiger partial charge in [-0.15, -0.1) is 0 Å². The van der Waals surface area contributed by atoms with Gasteiger partial charge >= 0.3 is 6.03 Å². The molecule has 4 aromatic rings. The van der Waals surface area contributed by atoms with Crippen LogP contribution in [0.1, 0.15) is 6.42 Å². The van der Waals surface area contributed by atoms with E-state index in [1.165, 1.54) is 0 Å². The fourth-order valence-corrected chi connectivity index (χ4v) is 4.61. The molecule has 1 aliphatic heterocycles. The summed E-state index contributed by atoms with van der Waals surface area (Å²) in [5.41, 5.74) is 3.79. The Hall–Kier alpha value is -2.77. The van der Waals surface area contributed by atoms with Gasteiger partial charge in [0.2, 0.25) is 0 Å². The van der Waals surface area contributed by atoms with E-state index < -0.39 is 0 Å². The Labute approximate surface area is 193 Å². The van der Waals surface area contributed by atoms with Crippen LogP contribution in [0.25, 0.3) is 16.6 Å². The maximum atomic E-state index is 12.8. The van der Waals surface area contributed by atoms with Crippen LogP contribution in [-0.4, -0.2) is 46.5 Å². The Balaban J connectivity index is 1.38. The first kappa shape index (κ1) is 20.2. The topological polar surface area (TPSA) is 52.9 Å². The third kappa shape index (κ3) is 4.07. The molecule has 6 nitrogen and oxygen atoms in total. The lowest BCUT2D eigenvalue weighted by Gasteiger charge is -2.24. The molecule has 0 unspecified atom stereocenters. The molecule has 0 saturated carbocycles. The number of halogens is 2. The third-order valence-corrected chi connectivity index (χ3v) is 6.29. The lowest BCUT2D eigenvalue weighted by Crippen LogP contribution is -2.38. The predicted molar refractivity (Wildman–Crippen MR) is 129 cm³/mol. The average Bonchev–Trinajstić information content (AvgIpc) is 3.11.